The van der Waals surface area contributed by atoms with Gasteiger partial charge in [0.1, 0.15) is 18.0 Å². The fraction of sp³-hybridized carbons (Fsp3) is 0.378. The number of aromatic nitrogens is 1. The number of phenolic OH excluding ortho intramolecular Hbond substituents is 1. The molecule has 0 bridgehead atoms. The van der Waals surface area contributed by atoms with Crippen LogP contribution in [0.15, 0.2) is 72.8 Å². The van der Waals surface area contributed by atoms with Gasteiger partial charge in [-0.25, -0.2) is 4.79 Å². The van der Waals surface area contributed by atoms with Crippen molar-refractivity contribution in [3.8, 4) is 11.5 Å². The maximum atomic E-state index is 14.2. The zero-order chi connectivity index (χ0) is 34.2. The van der Waals surface area contributed by atoms with E-state index in [9.17, 15) is 40.5 Å². The van der Waals surface area contributed by atoms with Gasteiger partial charge in [-0.05, 0) is 89.0 Å². The molecule has 1 aliphatic carbocycles. The van der Waals surface area contributed by atoms with E-state index in [0.717, 1.165) is 21.5 Å². The third-order valence-corrected chi connectivity index (χ3v) is 10.8. The van der Waals surface area contributed by atoms with E-state index in [2.05, 4.69) is 4.98 Å². The Morgan fingerprint density at radius 3 is 2.43 bits per heavy atom. The number of aromatic amines is 1. The minimum atomic E-state index is -2.58. The van der Waals surface area contributed by atoms with Crippen LogP contribution in [-0.4, -0.2) is 88.8 Å². The number of aliphatic hydroxyl groups excluding tert-OH is 3. The van der Waals surface area contributed by atoms with Crippen LogP contribution in [0.4, 0.5) is 0 Å². The van der Waals surface area contributed by atoms with Crippen molar-refractivity contribution in [3.05, 3.63) is 84.1 Å². The number of phenols is 1. The van der Waals surface area contributed by atoms with Crippen molar-refractivity contribution >= 4 is 38.4 Å². The molecule has 0 radical (unpaired) electrons. The first kappa shape index (κ1) is 32.1. The number of H-pyrrole nitrogens is 1. The Bertz CT molecular complexity index is 2060. The molecule has 2 aliphatic heterocycles. The predicted molar refractivity (Wildman–Crippen MR) is 175 cm³/mol. The minimum Gasteiger partial charge on any atom is -0.508 e. The zero-order valence-electron chi connectivity index (χ0n) is 26.3. The fourth-order valence-electron chi connectivity index (χ4n) is 8.32. The van der Waals surface area contributed by atoms with Gasteiger partial charge in [-0.1, -0.05) is 42.5 Å². The van der Waals surface area contributed by atoms with Crippen LogP contribution in [0.1, 0.15) is 30.5 Å². The second-order valence-electron chi connectivity index (χ2n) is 13.5. The molecule has 0 unspecified atom stereocenters. The molecule has 12 heteroatoms. The largest absolute Gasteiger partial charge is 0.508 e. The molecule has 256 valence electrons. The van der Waals surface area contributed by atoms with Gasteiger partial charge in [0.05, 0.1) is 29.3 Å². The van der Waals surface area contributed by atoms with Gasteiger partial charge in [0.25, 0.3) is 0 Å². The number of carbonyl (C=O) groups excluding carboxylic acids is 1. The van der Waals surface area contributed by atoms with Crippen LogP contribution in [0.2, 0.25) is 0 Å². The first-order valence-corrected chi connectivity index (χ1v) is 16.4. The van der Waals surface area contributed by atoms with Gasteiger partial charge in [-0.15, -0.1) is 0 Å². The van der Waals surface area contributed by atoms with Crippen LogP contribution in [0, 0.1) is 11.8 Å². The van der Waals surface area contributed by atoms with E-state index in [-0.39, 0.29) is 42.9 Å². The lowest BCUT2D eigenvalue weighted by atomic mass is 9.63. The average molecular weight is 672 g/mol. The van der Waals surface area contributed by atoms with Crippen LogP contribution >= 0.6 is 0 Å². The molecule has 8 N–H and O–H groups in total. The molecule has 1 saturated carbocycles. The average Bonchev–Trinajstić information content (AvgIpc) is 3.57. The highest BCUT2D eigenvalue weighted by Crippen LogP contribution is 2.57. The van der Waals surface area contributed by atoms with Crippen molar-refractivity contribution < 1.29 is 54.8 Å². The lowest BCUT2D eigenvalue weighted by Gasteiger charge is -2.54. The first-order valence-electron chi connectivity index (χ1n) is 16.4. The third kappa shape index (κ3) is 4.94. The molecule has 3 fully saturated rings. The number of aromatic hydroxyl groups is 1. The number of nitrogens with one attached hydrogen (secondary N) is 1. The molecule has 12 nitrogen and oxygen atoms in total. The zero-order valence-corrected chi connectivity index (χ0v) is 26.3. The summed E-state index contributed by atoms with van der Waals surface area (Å²) in [4.78, 5) is 17.3. The molecule has 2 saturated heterocycles. The number of hydrogen-bond donors (Lipinski definition) is 8. The van der Waals surface area contributed by atoms with E-state index < -0.39 is 66.5 Å². The standard InChI is InChI=1S/C37H37NO11/c39-17-27-31(30-24-15-20-4-2-1-3-19(20)14-21(24)7-11-26(30)38-27)48-35(44)32-33-36(45)22(8-12-29(41)37(36,46)49-32)16-28(47-33)25(34(42)43)13-18-5-9-23(40)10-6-18/h1-7,9-11,14-15,22,25,28-29,32-34,38-43,45-46H,8,12-13,16-17H2/t22-,25+,28+,29+,32-,33+,36-,37+/m1/s1. The Labute approximate surface area is 279 Å². The summed E-state index contributed by atoms with van der Waals surface area (Å²) in [7, 11) is 0. The highest BCUT2D eigenvalue weighted by molar-refractivity contribution is 6.14. The third-order valence-electron chi connectivity index (χ3n) is 10.8. The van der Waals surface area contributed by atoms with Gasteiger partial charge in [-0.2, -0.15) is 0 Å². The van der Waals surface area contributed by atoms with Crippen molar-refractivity contribution in [2.24, 2.45) is 11.8 Å². The molecule has 1 aromatic heterocycles. The monoisotopic (exact) mass is 671 g/mol. The SMILES string of the molecule is O=C(Oc1c(CO)[nH]c2ccc3cc4ccccc4cc3c12)[C@@H]1O[C@@]2(O)[C@@H](O)CC[C@@H]3C[C@@H]([C@H](Cc4ccc(O)cc4)C(O)O)O[C@@H]1[C@]32O. The summed E-state index contributed by atoms with van der Waals surface area (Å²) in [6.07, 6.45) is -7.14. The number of aliphatic hydroxyl groups is 6. The smallest absolute Gasteiger partial charge is 0.343 e. The highest BCUT2D eigenvalue weighted by Gasteiger charge is 2.76. The summed E-state index contributed by atoms with van der Waals surface area (Å²) in [6, 6.07) is 21.8. The van der Waals surface area contributed by atoms with Crippen molar-refractivity contribution in [1.82, 2.24) is 4.98 Å². The molecule has 49 heavy (non-hydrogen) atoms. The van der Waals surface area contributed by atoms with Gasteiger partial charge in [0, 0.05) is 5.92 Å². The lowest BCUT2D eigenvalue weighted by molar-refractivity contribution is -0.351. The summed E-state index contributed by atoms with van der Waals surface area (Å²) in [5, 5.41) is 79.9. The number of ether oxygens (including phenoxy) is 3. The quantitative estimate of drug-likeness (QED) is 0.0718. The van der Waals surface area contributed by atoms with Gasteiger partial charge >= 0.3 is 5.97 Å². The molecule has 0 amide bonds. The summed E-state index contributed by atoms with van der Waals surface area (Å²) in [6.45, 7) is -0.498. The maximum Gasteiger partial charge on any atom is 0.343 e. The summed E-state index contributed by atoms with van der Waals surface area (Å²) in [5.41, 5.74) is -0.730. The topological polar surface area (TPSA) is 202 Å². The van der Waals surface area contributed by atoms with E-state index in [1.165, 1.54) is 12.1 Å². The van der Waals surface area contributed by atoms with Crippen LogP contribution < -0.4 is 4.74 Å². The normalized spacial score (nSPS) is 30.2. The molecule has 8 rings (SSSR count). The molecule has 0 spiro atoms. The molecule has 5 aromatic rings. The molecule has 3 heterocycles. The van der Waals surface area contributed by atoms with Crippen molar-refractivity contribution in [3.63, 3.8) is 0 Å². The lowest BCUT2D eigenvalue weighted by Crippen LogP contribution is -2.72. The molecular formula is C37H37NO11. The number of hydrogen-bond acceptors (Lipinski definition) is 11. The van der Waals surface area contributed by atoms with E-state index in [1.807, 2.05) is 48.5 Å². The molecule has 8 atom stereocenters. The van der Waals surface area contributed by atoms with Gasteiger partial charge in [0.15, 0.2) is 23.7 Å². The van der Waals surface area contributed by atoms with Gasteiger partial charge in [0.2, 0.25) is 5.79 Å². The van der Waals surface area contributed by atoms with Crippen molar-refractivity contribution in [2.75, 3.05) is 0 Å². The Morgan fingerprint density at radius 1 is 0.980 bits per heavy atom. The highest BCUT2D eigenvalue weighted by atomic mass is 16.7. The molecule has 3 aliphatic rings. The Hall–Kier alpha value is -4.11. The molecule has 4 aromatic carbocycles. The van der Waals surface area contributed by atoms with E-state index in [4.69, 9.17) is 14.2 Å². The summed E-state index contributed by atoms with van der Waals surface area (Å²) in [5.74, 6) is -5.20. The number of fused-ring (bicyclic) bond motifs is 4. The Kier molecular flexibility index (Phi) is 7.70. The fourth-order valence-corrected chi connectivity index (χ4v) is 8.32. The van der Waals surface area contributed by atoms with Gasteiger partial charge in [-0.3, -0.25) is 0 Å². The van der Waals surface area contributed by atoms with Crippen LogP contribution in [0.3, 0.4) is 0 Å². The number of esters is 1. The van der Waals surface area contributed by atoms with E-state index in [1.54, 1.807) is 12.1 Å². The number of rotatable bonds is 7. The maximum absolute atomic E-state index is 14.2. The Balaban J connectivity index is 1.17. The summed E-state index contributed by atoms with van der Waals surface area (Å²) < 4.78 is 18.2. The van der Waals surface area contributed by atoms with E-state index >= 15 is 0 Å². The summed E-state index contributed by atoms with van der Waals surface area (Å²) >= 11 is 0. The van der Waals surface area contributed by atoms with Crippen LogP contribution in [0.5, 0.6) is 11.5 Å². The van der Waals surface area contributed by atoms with Gasteiger partial charge < -0.3 is 54.9 Å². The van der Waals surface area contributed by atoms with Crippen molar-refractivity contribution in [2.45, 2.75) is 74.4 Å². The van der Waals surface area contributed by atoms with Crippen LogP contribution in [-0.2, 0) is 27.3 Å². The first-order chi connectivity index (χ1) is 23.5. The molecular weight excluding hydrogens is 634 g/mol. The van der Waals surface area contributed by atoms with E-state index in [0.29, 0.717) is 16.5 Å². The predicted octanol–water partition coefficient (Wildman–Crippen LogP) is 2.49. The minimum absolute atomic E-state index is 0.0428. The second-order valence-corrected chi connectivity index (χ2v) is 13.5. The second kappa shape index (κ2) is 11.8. The Morgan fingerprint density at radius 2 is 1.71 bits per heavy atom. The van der Waals surface area contributed by atoms with Crippen LogP contribution in [0.25, 0.3) is 32.4 Å². The number of carbonyl (C=O) groups is 1. The number of benzene rings is 4. The van der Waals surface area contributed by atoms with Crippen molar-refractivity contribution in [1.29, 1.82) is 0 Å².